The third kappa shape index (κ3) is 1.87. The lowest BCUT2D eigenvalue weighted by molar-refractivity contribution is -0.134. The Hall–Kier alpha value is -1.59. The molecule has 0 aromatic rings. The minimum absolute atomic E-state index is 0.0367. The van der Waals surface area contributed by atoms with Crippen LogP contribution in [0.1, 0.15) is 26.7 Å². The minimum Gasteiger partial charge on any atom is -0.339 e. The molecule has 2 aliphatic rings. The predicted octanol–water partition coefficient (Wildman–Crippen LogP) is -0.157. The quantitative estimate of drug-likeness (QED) is 0.657. The van der Waals surface area contributed by atoms with Gasteiger partial charge in [-0.25, -0.2) is 4.79 Å². The Bertz CT molecular complexity index is 382. The third-order valence-corrected chi connectivity index (χ3v) is 3.63. The van der Waals surface area contributed by atoms with Crippen LogP contribution in [0.5, 0.6) is 0 Å². The van der Waals surface area contributed by atoms with Crippen LogP contribution in [0.3, 0.4) is 0 Å². The van der Waals surface area contributed by atoms with E-state index in [9.17, 15) is 14.4 Å². The van der Waals surface area contributed by atoms with Crippen molar-refractivity contribution in [1.29, 1.82) is 0 Å². The average Bonchev–Trinajstić information content (AvgIpc) is 2.83. The average molecular weight is 239 g/mol. The van der Waals surface area contributed by atoms with E-state index in [4.69, 9.17) is 0 Å². The molecule has 2 fully saturated rings. The molecule has 0 aromatic carbocycles. The van der Waals surface area contributed by atoms with E-state index in [0.29, 0.717) is 13.0 Å². The molecule has 2 rings (SSSR count). The van der Waals surface area contributed by atoms with Gasteiger partial charge in [-0.15, -0.1) is 0 Å². The molecule has 6 heteroatoms. The lowest BCUT2D eigenvalue weighted by atomic mass is 9.99. The molecule has 94 valence electrons. The summed E-state index contributed by atoms with van der Waals surface area (Å²) in [6.45, 7) is 4.64. The fourth-order valence-corrected chi connectivity index (χ4v) is 2.30. The third-order valence-electron chi connectivity index (χ3n) is 3.63. The Labute approximate surface area is 99.7 Å². The first kappa shape index (κ1) is 11.9. The summed E-state index contributed by atoms with van der Waals surface area (Å²) in [6, 6.07) is -0.465. The van der Waals surface area contributed by atoms with Crippen LogP contribution in [0.25, 0.3) is 0 Å². The number of nitrogens with one attached hydrogen (secondary N) is 2. The summed E-state index contributed by atoms with van der Waals surface area (Å²) < 4.78 is 0. The molecule has 2 unspecified atom stereocenters. The van der Waals surface area contributed by atoms with Gasteiger partial charge < -0.3 is 10.2 Å². The fraction of sp³-hybridized carbons (Fsp3) is 0.727. The van der Waals surface area contributed by atoms with E-state index in [1.807, 2.05) is 13.8 Å². The van der Waals surface area contributed by atoms with Crippen molar-refractivity contribution in [1.82, 2.24) is 15.5 Å². The molecular weight excluding hydrogens is 222 g/mol. The van der Waals surface area contributed by atoms with E-state index in [-0.39, 0.29) is 24.3 Å². The number of hydrogen-bond donors (Lipinski definition) is 2. The Morgan fingerprint density at radius 3 is 2.76 bits per heavy atom. The van der Waals surface area contributed by atoms with Crippen LogP contribution in [0.2, 0.25) is 0 Å². The van der Waals surface area contributed by atoms with Gasteiger partial charge in [0.25, 0.3) is 5.91 Å². The number of hydrogen-bond acceptors (Lipinski definition) is 3. The number of carbonyl (C=O) groups is 3. The standard InChI is InChI=1S/C11H17N3O3/c1-3-7(2)8(15)14-5-4-11(6-14)9(16)12-10(17)13-11/h7H,3-6H2,1-2H3,(H2,12,13,16,17). The molecule has 0 bridgehead atoms. The second kappa shape index (κ2) is 4.01. The highest BCUT2D eigenvalue weighted by Gasteiger charge is 2.51. The van der Waals surface area contributed by atoms with Crippen molar-refractivity contribution >= 4 is 17.8 Å². The molecule has 0 aromatic heterocycles. The maximum absolute atomic E-state index is 12.0. The zero-order chi connectivity index (χ0) is 12.6. The van der Waals surface area contributed by atoms with Crippen molar-refractivity contribution in [3.8, 4) is 0 Å². The summed E-state index contributed by atoms with van der Waals surface area (Å²) in [4.78, 5) is 36.5. The first-order valence-corrected chi connectivity index (χ1v) is 5.91. The molecule has 4 amide bonds. The van der Waals surface area contributed by atoms with Crippen molar-refractivity contribution in [3.63, 3.8) is 0 Å². The molecule has 2 N–H and O–H groups in total. The summed E-state index contributed by atoms with van der Waals surface area (Å²) in [6.07, 6.45) is 1.27. The van der Waals surface area contributed by atoms with E-state index in [1.165, 1.54) is 0 Å². The first-order chi connectivity index (χ1) is 7.98. The molecule has 2 heterocycles. The SMILES string of the molecule is CCC(C)C(=O)N1CCC2(C1)NC(=O)NC2=O. The molecule has 2 atom stereocenters. The Balaban J connectivity index is 2.07. The van der Waals surface area contributed by atoms with E-state index in [0.717, 1.165) is 6.42 Å². The highest BCUT2D eigenvalue weighted by molar-refractivity contribution is 6.07. The van der Waals surface area contributed by atoms with Gasteiger partial charge in [-0.05, 0) is 12.8 Å². The monoisotopic (exact) mass is 239 g/mol. The smallest absolute Gasteiger partial charge is 0.322 e. The highest BCUT2D eigenvalue weighted by atomic mass is 16.2. The van der Waals surface area contributed by atoms with Crippen LogP contribution >= 0.6 is 0 Å². The van der Waals surface area contributed by atoms with Crippen LogP contribution < -0.4 is 10.6 Å². The van der Waals surface area contributed by atoms with Gasteiger partial charge in [-0.3, -0.25) is 14.9 Å². The number of amides is 4. The van der Waals surface area contributed by atoms with Crippen molar-refractivity contribution in [3.05, 3.63) is 0 Å². The number of likely N-dealkylation sites (tertiary alicyclic amines) is 1. The van der Waals surface area contributed by atoms with Gasteiger partial charge in [0.2, 0.25) is 5.91 Å². The number of urea groups is 1. The summed E-state index contributed by atoms with van der Waals surface area (Å²) >= 11 is 0. The minimum atomic E-state index is -0.889. The maximum Gasteiger partial charge on any atom is 0.322 e. The van der Waals surface area contributed by atoms with E-state index < -0.39 is 11.6 Å². The number of carbonyl (C=O) groups excluding carboxylic acids is 3. The summed E-state index contributed by atoms with van der Waals surface area (Å²) in [5.74, 6) is -0.300. The Morgan fingerprint density at radius 2 is 2.24 bits per heavy atom. The van der Waals surface area contributed by atoms with E-state index >= 15 is 0 Å². The van der Waals surface area contributed by atoms with Crippen LogP contribution in [0.15, 0.2) is 0 Å². The molecule has 17 heavy (non-hydrogen) atoms. The lowest BCUT2D eigenvalue weighted by Crippen LogP contribution is -2.50. The molecular formula is C11H17N3O3. The topological polar surface area (TPSA) is 78.5 Å². The van der Waals surface area contributed by atoms with Gasteiger partial charge >= 0.3 is 6.03 Å². The van der Waals surface area contributed by atoms with Crippen molar-refractivity contribution in [2.24, 2.45) is 5.92 Å². The van der Waals surface area contributed by atoms with Gasteiger partial charge in [0.05, 0.1) is 6.54 Å². The molecule has 2 saturated heterocycles. The number of imide groups is 1. The van der Waals surface area contributed by atoms with Crippen LogP contribution in [0.4, 0.5) is 4.79 Å². The van der Waals surface area contributed by atoms with Crippen molar-refractivity contribution < 1.29 is 14.4 Å². The van der Waals surface area contributed by atoms with E-state index in [1.54, 1.807) is 4.90 Å². The van der Waals surface area contributed by atoms with Crippen LogP contribution in [-0.2, 0) is 9.59 Å². The molecule has 2 aliphatic heterocycles. The van der Waals surface area contributed by atoms with Gasteiger partial charge in [0.15, 0.2) is 0 Å². The predicted molar refractivity (Wildman–Crippen MR) is 60.1 cm³/mol. The second-order valence-electron chi connectivity index (χ2n) is 4.81. The molecule has 0 aliphatic carbocycles. The molecule has 0 radical (unpaired) electrons. The highest BCUT2D eigenvalue weighted by Crippen LogP contribution is 2.26. The summed E-state index contributed by atoms with van der Waals surface area (Å²) in [5.41, 5.74) is -0.889. The fourth-order valence-electron chi connectivity index (χ4n) is 2.30. The van der Waals surface area contributed by atoms with Crippen molar-refractivity contribution in [2.45, 2.75) is 32.2 Å². The van der Waals surface area contributed by atoms with Crippen LogP contribution in [-0.4, -0.2) is 41.4 Å². The van der Waals surface area contributed by atoms with E-state index in [2.05, 4.69) is 10.6 Å². The van der Waals surface area contributed by atoms with Gasteiger partial charge in [0, 0.05) is 12.5 Å². The first-order valence-electron chi connectivity index (χ1n) is 5.91. The molecule has 1 spiro atoms. The second-order valence-corrected chi connectivity index (χ2v) is 4.81. The normalized spacial score (nSPS) is 29.4. The zero-order valence-corrected chi connectivity index (χ0v) is 10.1. The zero-order valence-electron chi connectivity index (χ0n) is 10.1. The largest absolute Gasteiger partial charge is 0.339 e. The molecule has 6 nitrogen and oxygen atoms in total. The Kier molecular flexibility index (Phi) is 2.81. The number of rotatable bonds is 2. The summed E-state index contributed by atoms with van der Waals surface area (Å²) in [7, 11) is 0. The van der Waals surface area contributed by atoms with Gasteiger partial charge in [-0.2, -0.15) is 0 Å². The van der Waals surface area contributed by atoms with Crippen LogP contribution in [0, 0.1) is 5.92 Å². The van der Waals surface area contributed by atoms with Crippen molar-refractivity contribution in [2.75, 3.05) is 13.1 Å². The summed E-state index contributed by atoms with van der Waals surface area (Å²) in [5, 5.41) is 4.85. The number of nitrogens with zero attached hydrogens (tertiary/aromatic N) is 1. The molecule has 0 saturated carbocycles. The van der Waals surface area contributed by atoms with Gasteiger partial charge in [0.1, 0.15) is 5.54 Å². The Morgan fingerprint density at radius 1 is 1.53 bits per heavy atom. The maximum atomic E-state index is 12.0. The lowest BCUT2D eigenvalue weighted by Gasteiger charge is -2.23. The van der Waals surface area contributed by atoms with Gasteiger partial charge in [-0.1, -0.05) is 13.8 Å².